The van der Waals surface area contributed by atoms with Crippen LogP contribution in [0.15, 0.2) is 35.0 Å². The molecule has 1 aromatic carbocycles. The fourth-order valence-corrected chi connectivity index (χ4v) is 14.7. The van der Waals surface area contributed by atoms with E-state index in [1.165, 1.54) is 22.7 Å². The van der Waals surface area contributed by atoms with Gasteiger partial charge in [0, 0.05) is 42.1 Å². The summed E-state index contributed by atoms with van der Waals surface area (Å²) in [5.41, 5.74) is 0. The van der Waals surface area contributed by atoms with E-state index in [9.17, 15) is 9.59 Å². The van der Waals surface area contributed by atoms with E-state index in [0.29, 0.717) is 59.9 Å². The van der Waals surface area contributed by atoms with E-state index < -0.39 is 0 Å². The van der Waals surface area contributed by atoms with Crippen molar-refractivity contribution >= 4 is 120 Å². The Morgan fingerprint density at radius 3 is 1.32 bits per heavy atom. The smallest absolute Gasteiger partial charge is 0.348 e. The first kappa shape index (κ1) is 47.0. The lowest BCUT2D eigenvalue weighted by Crippen LogP contribution is -2.13. The van der Waals surface area contributed by atoms with Gasteiger partial charge in [0.15, 0.2) is 0 Å². The fourth-order valence-electron chi connectivity index (χ4n) is 7.46. The molecule has 6 heterocycles. The predicted molar refractivity (Wildman–Crippen MR) is 272 cm³/mol. The molecule has 7 aromatic rings. The largest absolute Gasteiger partial charge is 0.491 e. The molecular formula is C50H62O6S6. The average Bonchev–Trinajstić information content (AvgIpc) is 4.14. The third-order valence-electron chi connectivity index (χ3n) is 12.2. The summed E-state index contributed by atoms with van der Waals surface area (Å²) in [6.07, 6.45) is 10.9. The minimum atomic E-state index is -0.226. The van der Waals surface area contributed by atoms with Crippen molar-refractivity contribution in [2.75, 3.05) is 26.4 Å². The van der Waals surface area contributed by atoms with Crippen molar-refractivity contribution in [1.82, 2.24) is 0 Å². The van der Waals surface area contributed by atoms with E-state index in [1.54, 1.807) is 45.3 Å². The van der Waals surface area contributed by atoms with Crippen LogP contribution in [0.25, 0.3) is 59.9 Å². The van der Waals surface area contributed by atoms with Crippen LogP contribution >= 0.6 is 68.0 Å². The van der Waals surface area contributed by atoms with Crippen LogP contribution < -0.4 is 9.47 Å². The molecule has 4 unspecified atom stereocenters. The van der Waals surface area contributed by atoms with E-state index in [2.05, 4.69) is 78.3 Å². The zero-order chi connectivity index (χ0) is 43.9. The van der Waals surface area contributed by atoms with Gasteiger partial charge in [-0.25, -0.2) is 9.59 Å². The summed E-state index contributed by atoms with van der Waals surface area (Å²) in [7, 11) is 0. The molecule has 12 heteroatoms. The van der Waals surface area contributed by atoms with E-state index in [4.69, 9.17) is 18.9 Å². The molecule has 7 rings (SSSR count). The van der Waals surface area contributed by atoms with Crippen molar-refractivity contribution < 1.29 is 28.5 Å². The highest BCUT2D eigenvalue weighted by atomic mass is 32.1. The summed E-state index contributed by atoms with van der Waals surface area (Å²) in [6, 6.07) is 8.57. The Kier molecular flexibility index (Phi) is 16.5. The number of ether oxygens (including phenoxy) is 4. The molecule has 0 aliphatic carbocycles. The molecule has 0 bridgehead atoms. The van der Waals surface area contributed by atoms with E-state index >= 15 is 0 Å². The maximum atomic E-state index is 13.3. The second-order valence-corrected chi connectivity index (χ2v) is 22.9. The Morgan fingerprint density at radius 1 is 0.532 bits per heavy atom. The van der Waals surface area contributed by atoms with Crippen molar-refractivity contribution in [2.24, 2.45) is 23.7 Å². The predicted octanol–water partition coefficient (Wildman–Crippen LogP) is 17.6. The van der Waals surface area contributed by atoms with Crippen molar-refractivity contribution in [3.63, 3.8) is 0 Å². The van der Waals surface area contributed by atoms with Gasteiger partial charge in [-0.2, -0.15) is 0 Å². The van der Waals surface area contributed by atoms with Gasteiger partial charge in [0.05, 0.1) is 55.0 Å². The average molecular weight is 951 g/mol. The van der Waals surface area contributed by atoms with Gasteiger partial charge in [-0.1, -0.05) is 107 Å². The summed E-state index contributed by atoms with van der Waals surface area (Å²) >= 11 is 10.0. The zero-order valence-corrected chi connectivity index (χ0v) is 42.5. The van der Waals surface area contributed by atoms with E-state index in [-0.39, 0.29) is 11.9 Å². The standard InChI is InChI=1S/C50H62O6S6/c1-9-15-17-31(13-5)25-55-49(51)39-19-33-27-57-47(43(33)61-39)37-21-35-41(53-23-29(7)11-3)46-36(42(45(35)59-37)54-24-30(8)12-4)22-38(60-46)48-44-34(28-58-48)20-40(62-44)50(52)56-26-32(14-6)18-16-10-2/h19-22,27-32H,9-18,23-26H2,1-8H3. The molecule has 0 amide bonds. The molecule has 334 valence electrons. The summed E-state index contributed by atoms with van der Waals surface area (Å²) in [5, 5.41) is 8.60. The maximum Gasteiger partial charge on any atom is 0.348 e. The molecule has 6 nitrogen and oxygen atoms in total. The van der Waals surface area contributed by atoms with Crippen LogP contribution in [0.3, 0.4) is 0 Å². The molecule has 0 aliphatic rings. The molecule has 0 saturated carbocycles. The zero-order valence-electron chi connectivity index (χ0n) is 37.6. The monoisotopic (exact) mass is 950 g/mol. The van der Waals surface area contributed by atoms with Gasteiger partial charge in [0.25, 0.3) is 0 Å². The Labute approximate surface area is 391 Å². The number of esters is 2. The number of thiophene rings is 6. The normalized spacial score (nSPS) is 13.9. The molecule has 0 N–H and O–H groups in total. The number of rotatable bonds is 24. The highest BCUT2D eigenvalue weighted by Crippen LogP contribution is 2.55. The summed E-state index contributed by atoms with van der Waals surface area (Å²) in [5.74, 6) is 2.93. The Bertz CT molecular complexity index is 2350. The van der Waals surface area contributed by atoms with Crippen LogP contribution in [0, 0.1) is 23.7 Å². The van der Waals surface area contributed by atoms with Crippen molar-refractivity contribution in [3.8, 4) is 31.0 Å². The first-order valence-electron chi connectivity index (χ1n) is 22.8. The quantitative estimate of drug-likeness (QED) is 0.0562. The van der Waals surface area contributed by atoms with Crippen molar-refractivity contribution in [1.29, 1.82) is 0 Å². The van der Waals surface area contributed by atoms with Crippen molar-refractivity contribution in [2.45, 2.75) is 120 Å². The van der Waals surface area contributed by atoms with Crippen molar-refractivity contribution in [3.05, 3.63) is 44.8 Å². The van der Waals surface area contributed by atoms with Crippen LogP contribution in [0.1, 0.15) is 139 Å². The number of benzene rings is 1. The molecule has 0 radical (unpaired) electrons. The molecule has 0 saturated heterocycles. The van der Waals surface area contributed by atoms with Gasteiger partial charge in [0.2, 0.25) is 0 Å². The molecule has 6 aromatic heterocycles. The number of hydrogen-bond acceptors (Lipinski definition) is 12. The number of unbranched alkanes of at least 4 members (excludes halogenated alkanes) is 2. The van der Waals surface area contributed by atoms with Gasteiger partial charge in [-0.15, -0.1) is 68.0 Å². The van der Waals surface area contributed by atoms with Gasteiger partial charge >= 0.3 is 11.9 Å². The number of hydrogen-bond donors (Lipinski definition) is 0. The maximum absolute atomic E-state index is 13.3. The lowest BCUT2D eigenvalue weighted by atomic mass is 10.0. The molecule has 4 atom stereocenters. The second-order valence-electron chi connectivity index (χ2n) is 17.0. The van der Waals surface area contributed by atoms with Crippen LogP contribution in [0.5, 0.6) is 11.5 Å². The van der Waals surface area contributed by atoms with Crippen LogP contribution in [0.2, 0.25) is 0 Å². The molecule has 0 fully saturated rings. The highest BCUT2D eigenvalue weighted by Gasteiger charge is 2.27. The topological polar surface area (TPSA) is 71.1 Å². The Morgan fingerprint density at radius 2 is 0.952 bits per heavy atom. The Balaban J connectivity index is 1.27. The van der Waals surface area contributed by atoms with Gasteiger partial charge < -0.3 is 18.9 Å². The first-order valence-corrected chi connectivity index (χ1v) is 27.8. The Hall–Kier alpha value is -3.00. The molecule has 0 spiro atoms. The summed E-state index contributed by atoms with van der Waals surface area (Å²) in [4.78, 5) is 32.6. The molecule has 62 heavy (non-hydrogen) atoms. The minimum Gasteiger partial charge on any atom is -0.491 e. The minimum absolute atomic E-state index is 0.226. The lowest BCUT2D eigenvalue weighted by molar-refractivity contribution is 0.0425. The van der Waals surface area contributed by atoms with Crippen LogP contribution in [0.4, 0.5) is 0 Å². The number of carbonyl (C=O) groups is 2. The van der Waals surface area contributed by atoms with Crippen LogP contribution in [-0.2, 0) is 9.47 Å². The van der Waals surface area contributed by atoms with Crippen LogP contribution in [-0.4, -0.2) is 38.4 Å². The van der Waals surface area contributed by atoms with Gasteiger partial charge in [-0.3, -0.25) is 0 Å². The lowest BCUT2D eigenvalue weighted by Gasteiger charge is -2.16. The SMILES string of the molecule is CCCCC(CC)COC(=O)c1cc2csc(-c3cc4c(OCC(C)CC)c5sc(-c6scc7cc(C(=O)OCC(CC)CCCC)sc67)cc5c(OCC(C)CC)c4s3)c2s1. The fraction of sp³-hybridized carbons (Fsp3) is 0.520. The summed E-state index contributed by atoms with van der Waals surface area (Å²) in [6.45, 7) is 19.8. The second kappa shape index (κ2) is 21.8. The molecule has 0 aliphatic heterocycles. The third-order valence-corrected chi connectivity index (χ3v) is 19.3. The van der Waals surface area contributed by atoms with Gasteiger partial charge in [0.1, 0.15) is 21.3 Å². The number of carbonyl (C=O) groups excluding carboxylic acids is 2. The first-order chi connectivity index (χ1) is 30.1. The molecular weight excluding hydrogens is 889 g/mol. The van der Waals surface area contributed by atoms with E-state index in [0.717, 1.165) is 136 Å². The highest BCUT2D eigenvalue weighted by molar-refractivity contribution is 7.32. The van der Waals surface area contributed by atoms with Gasteiger partial charge in [-0.05, 0) is 60.8 Å². The van der Waals surface area contributed by atoms with E-state index in [1.807, 2.05) is 12.1 Å². The number of fused-ring (bicyclic) bond motifs is 4. The summed E-state index contributed by atoms with van der Waals surface area (Å²) < 4.78 is 30.0. The third kappa shape index (κ3) is 10.4.